The Balaban J connectivity index is 0.00000171. The molecule has 182 valence electrons. The minimum Gasteiger partial charge on any atom is -0.394 e. The SMILES string of the molecule is C.Cc1noc(C)c1-c1ccc2c(c1)C(N[C@H](CO)c1ccccc1)(c1ccccc1)C(=O)N2.S. The molecule has 1 aliphatic rings. The number of anilines is 1. The van der Waals surface area contributed by atoms with Crippen LogP contribution in [0.25, 0.3) is 11.1 Å². The summed E-state index contributed by atoms with van der Waals surface area (Å²) >= 11 is 0. The topological polar surface area (TPSA) is 87.4 Å². The zero-order chi connectivity index (χ0) is 23.0. The maximum atomic E-state index is 13.7. The Morgan fingerprint density at radius 2 is 1.69 bits per heavy atom. The van der Waals surface area contributed by atoms with Crippen LogP contribution in [0.1, 0.15) is 41.6 Å². The molecule has 4 aromatic rings. The summed E-state index contributed by atoms with van der Waals surface area (Å²) in [6.45, 7) is 3.62. The Morgan fingerprint density at radius 1 is 1.03 bits per heavy atom. The van der Waals surface area contributed by atoms with Crippen molar-refractivity contribution >= 4 is 25.1 Å². The number of aliphatic hydroxyl groups is 1. The van der Waals surface area contributed by atoms with Crippen LogP contribution in [0.3, 0.4) is 0 Å². The Morgan fingerprint density at radius 3 is 2.29 bits per heavy atom. The van der Waals surface area contributed by atoms with Crippen LogP contribution >= 0.6 is 13.5 Å². The van der Waals surface area contributed by atoms with E-state index >= 15 is 0 Å². The summed E-state index contributed by atoms with van der Waals surface area (Å²) in [6.07, 6.45) is 0. The summed E-state index contributed by atoms with van der Waals surface area (Å²) in [4.78, 5) is 13.7. The van der Waals surface area contributed by atoms with E-state index in [9.17, 15) is 9.90 Å². The van der Waals surface area contributed by atoms with Gasteiger partial charge < -0.3 is 14.9 Å². The second kappa shape index (κ2) is 10.5. The molecule has 1 amide bonds. The molecule has 1 unspecified atom stereocenters. The number of nitrogens with zero attached hydrogens (tertiary/aromatic N) is 1. The van der Waals surface area contributed by atoms with Crippen molar-refractivity contribution in [3.8, 4) is 11.1 Å². The lowest BCUT2D eigenvalue weighted by atomic mass is 9.81. The number of nitrogens with one attached hydrogen (secondary N) is 2. The lowest BCUT2D eigenvalue weighted by Crippen LogP contribution is -2.51. The van der Waals surface area contributed by atoms with E-state index in [4.69, 9.17) is 4.52 Å². The molecule has 2 atom stereocenters. The van der Waals surface area contributed by atoms with E-state index in [2.05, 4.69) is 15.8 Å². The highest BCUT2D eigenvalue weighted by atomic mass is 32.1. The number of carbonyl (C=O) groups is 1. The molecule has 2 heterocycles. The van der Waals surface area contributed by atoms with Gasteiger partial charge in [0.1, 0.15) is 5.76 Å². The molecule has 35 heavy (non-hydrogen) atoms. The van der Waals surface area contributed by atoms with Crippen LogP contribution < -0.4 is 10.6 Å². The molecule has 0 fully saturated rings. The van der Waals surface area contributed by atoms with Gasteiger partial charge in [0.25, 0.3) is 5.91 Å². The first-order chi connectivity index (χ1) is 16.0. The van der Waals surface area contributed by atoms with E-state index in [1.54, 1.807) is 0 Å². The molecule has 0 aliphatic carbocycles. The predicted octanol–water partition coefficient (Wildman–Crippen LogP) is 5.23. The van der Waals surface area contributed by atoms with Crippen LogP contribution in [0.5, 0.6) is 0 Å². The quantitative estimate of drug-likeness (QED) is 0.345. The summed E-state index contributed by atoms with van der Waals surface area (Å²) in [5.41, 5.74) is 4.67. The lowest BCUT2D eigenvalue weighted by molar-refractivity contribution is -0.120. The molecule has 0 radical (unpaired) electrons. The maximum Gasteiger partial charge on any atom is 0.254 e. The van der Waals surface area contributed by atoms with Crippen molar-refractivity contribution in [3.63, 3.8) is 0 Å². The van der Waals surface area contributed by atoms with Crippen molar-refractivity contribution in [2.45, 2.75) is 32.9 Å². The van der Waals surface area contributed by atoms with Crippen molar-refractivity contribution in [2.75, 3.05) is 11.9 Å². The smallest absolute Gasteiger partial charge is 0.254 e. The number of rotatable bonds is 6. The molecule has 3 aromatic carbocycles. The summed E-state index contributed by atoms with van der Waals surface area (Å²) in [7, 11) is 0. The van der Waals surface area contributed by atoms with Crippen molar-refractivity contribution in [1.29, 1.82) is 0 Å². The van der Waals surface area contributed by atoms with Gasteiger partial charge in [-0.25, -0.2) is 0 Å². The summed E-state index contributed by atoms with van der Waals surface area (Å²) in [5.74, 6) is 0.537. The van der Waals surface area contributed by atoms with Crippen LogP contribution in [-0.4, -0.2) is 22.8 Å². The number of aromatic nitrogens is 1. The third kappa shape index (κ3) is 4.38. The molecule has 0 bridgehead atoms. The third-order valence-corrected chi connectivity index (χ3v) is 6.32. The summed E-state index contributed by atoms with van der Waals surface area (Å²) < 4.78 is 5.39. The van der Waals surface area contributed by atoms with Crippen LogP contribution in [0.2, 0.25) is 0 Å². The van der Waals surface area contributed by atoms with Gasteiger partial charge in [-0.1, -0.05) is 79.3 Å². The second-order valence-corrected chi connectivity index (χ2v) is 8.32. The molecule has 1 aliphatic heterocycles. The number of aliphatic hydroxyl groups excluding tert-OH is 1. The first kappa shape index (κ1) is 26.2. The minimum atomic E-state index is -1.19. The van der Waals surface area contributed by atoms with Crippen LogP contribution in [0.15, 0.2) is 83.4 Å². The first-order valence-corrected chi connectivity index (χ1v) is 10.9. The number of hydrogen-bond donors (Lipinski definition) is 3. The minimum absolute atomic E-state index is 0. The molecule has 0 saturated heterocycles. The van der Waals surface area contributed by atoms with Gasteiger partial charge in [-0.05, 0) is 42.7 Å². The zero-order valence-electron chi connectivity index (χ0n) is 19.0. The fraction of sp³-hybridized carbons (Fsp3) is 0.214. The number of amides is 1. The zero-order valence-corrected chi connectivity index (χ0v) is 20.0. The van der Waals surface area contributed by atoms with Gasteiger partial charge in [0, 0.05) is 16.8 Å². The van der Waals surface area contributed by atoms with Gasteiger partial charge in [-0.15, -0.1) is 0 Å². The maximum absolute atomic E-state index is 13.7. The van der Waals surface area contributed by atoms with Crippen LogP contribution in [0.4, 0.5) is 5.69 Å². The Hall–Kier alpha value is -3.39. The molecule has 3 N–H and O–H groups in total. The standard InChI is InChI=1S/C27H25N3O3.CH4.H2S/c1-17-25(18(2)33-30-17)20-13-14-23-22(15-20)27(26(32)28-23,21-11-7-4-8-12-21)29-24(16-31)19-9-5-3-6-10-19;;/h3-15,24,29,31H,16H2,1-2H3,(H,28,32);1H4;1H2/t24-,27?;;/m1../s1. The van der Waals surface area contributed by atoms with Crippen LogP contribution in [0, 0.1) is 13.8 Å². The van der Waals surface area contributed by atoms with Gasteiger partial charge in [0.2, 0.25) is 0 Å². The summed E-state index contributed by atoms with van der Waals surface area (Å²) in [6, 6.07) is 24.7. The van der Waals surface area contributed by atoms with Gasteiger partial charge in [-0.3, -0.25) is 10.1 Å². The van der Waals surface area contributed by atoms with Crippen LogP contribution in [-0.2, 0) is 10.3 Å². The van der Waals surface area contributed by atoms with E-state index in [1.807, 2.05) is 92.7 Å². The summed E-state index contributed by atoms with van der Waals surface area (Å²) in [5, 5.41) is 21.0. The van der Waals surface area contributed by atoms with Gasteiger partial charge in [0.05, 0.1) is 18.3 Å². The predicted molar refractivity (Wildman–Crippen MR) is 144 cm³/mol. The van der Waals surface area contributed by atoms with E-state index < -0.39 is 11.6 Å². The fourth-order valence-corrected chi connectivity index (χ4v) is 4.73. The largest absolute Gasteiger partial charge is 0.394 e. The van der Waals surface area contributed by atoms with Crippen molar-refractivity contribution in [1.82, 2.24) is 10.5 Å². The van der Waals surface area contributed by atoms with E-state index in [0.717, 1.165) is 45.0 Å². The number of benzene rings is 3. The Kier molecular flexibility index (Phi) is 7.85. The highest BCUT2D eigenvalue weighted by Crippen LogP contribution is 2.44. The Bertz CT molecular complexity index is 1290. The van der Waals surface area contributed by atoms with E-state index in [-0.39, 0.29) is 33.4 Å². The molecule has 0 spiro atoms. The number of aryl methyl sites for hydroxylation is 2. The van der Waals surface area contributed by atoms with Gasteiger partial charge in [0.15, 0.2) is 5.54 Å². The normalized spacial score (nSPS) is 17.1. The average Bonchev–Trinajstić information content (AvgIpc) is 3.33. The highest BCUT2D eigenvalue weighted by molar-refractivity contribution is 7.59. The van der Waals surface area contributed by atoms with E-state index in [0.29, 0.717) is 0 Å². The van der Waals surface area contributed by atoms with Gasteiger partial charge >= 0.3 is 0 Å². The Labute approximate surface area is 212 Å². The lowest BCUT2D eigenvalue weighted by Gasteiger charge is -2.34. The van der Waals surface area contributed by atoms with Crippen molar-refractivity contribution in [3.05, 3.63) is 107 Å². The second-order valence-electron chi connectivity index (χ2n) is 8.32. The molecular formula is C28H31N3O3S. The monoisotopic (exact) mass is 489 g/mol. The van der Waals surface area contributed by atoms with Crippen molar-refractivity contribution < 1.29 is 14.4 Å². The molecular weight excluding hydrogens is 458 g/mol. The first-order valence-electron chi connectivity index (χ1n) is 10.9. The average molecular weight is 490 g/mol. The molecule has 6 nitrogen and oxygen atoms in total. The molecule has 1 aromatic heterocycles. The molecule has 0 saturated carbocycles. The number of fused-ring (bicyclic) bond motifs is 1. The number of hydrogen-bond acceptors (Lipinski definition) is 5. The highest BCUT2D eigenvalue weighted by Gasteiger charge is 2.49. The molecule has 5 rings (SSSR count). The van der Waals surface area contributed by atoms with E-state index in [1.165, 1.54) is 0 Å². The fourth-order valence-electron chi connectivity index (χ4n) is 4.73. The van der Waals surface area contributed by atoms with Gasteiger partial charge in [-0.2, -0.15) is 13.5 Å². The van der Waals surface area contributed by atoms with Crippen molar-refractivity contribution in [2.24, 2.45) is 0 Å². The third-order valence-electron chi connectivity index (χ3n) is 6.32. The number of carbonyl (C=O) groups excluding carboxylic acids is 1. The molecule has 7 heteroatoms.